The summed E-state index contributed by atoms with van der Waals surface area (Å²) in [6.07, 6.45) is 6.65. The van der Waals surface area contributed by atoms with Crippen molar-refractivity contribution in [3.05, 3.63) is 144 Å². The summed E-state index contributed by atoms with van der Waals surface area (Å²) in [5.41, 5.74) is 15.6. The van der Waals surface area contributed by atoms with E-state index in [1.165, 1.54) is 6.20 Å². The van der Waals surface area contributed by atoms with Crippen LogP contribution in [-0.2, 0) is 27.2 Å². The fourth-order valence-electron chi connectivity index (χ4n) is 6.58. The molecule has 0 radical (unpaired) electrons. The minimum atomic E-state index is 0.354. The van der Waals surface area contributed by atoms with Crippen molar-refractivity contribution >= 4 is 33.4 Å². The molecule has 300 valence electrons. The van der Waals surface area contributed by atoms with Gasteiger partial charge in [0.1, 0.15) is 69.1 Å². The zero-order valence-corrected chi connectivity index (χ0v) is 34.0. The van der Waals surface area contributed by atoms with E-state index in [9.17, 15) is 5.26 Å². The van der Waals surface area contributed by atoms with Crippen molar-refractivity contribution in [3.63, 3.8) is 0 Å². The van der Waals surface area contributed by atoms with Gasteiger partial charge in [0.2, 0.25) is 0 Å². The number of nitrogens with zero attached hydrogens (tertiary/aromatic N) is 9. The van der Waals surface area contributed by atoms with E-state index in [2.05, 4.69) is 50.2 Å². The predicted octanol–water partition coefficient (Wildman–Crippen LogP) is 8.69. The molecule has 0 saturated heterocycles. The molecule has 0 amide bonds. The molecule has 0 spiro atoms. The number of imidazole rings is 2. The van der Waals surface area contributed by atoms with Gasteiger partial charge in [0.05, 0.1) is 61.7 Å². The molecule has 0 unspecified atom stereocenters. The second-order valence-electron chi connectivity index (χ2n) is 14.1. The third kappa shape index (κ3) is 8.88. The number of ether oxygens (including phenoxy) is 4. The van der Waals surface area contributed by atoms with Crippen LogP contribution >= 0.6 is 0 Å². The summed E-state index contributed by atoms with van der Waals surface area (Å²) in [5, 5.41) is 18.0. The number of aromatic nitrogens is 6. The van der Waals surface area contributed by atoms with Crippen LogP contribution < -0.4 is 29.6 Å². The monoisotopic (exact) mass is 798 g/mol. The Kier molecular flexibility index (Phi) is 11.8. The van der Waals surface area contributed by atoms with Gasteiger partial charge in [-0.05, 0) is 72.5 Å². The number of hydrogen-bond donors (Lipinski definition) is 1. The molecule has 60 heavy (non-hydrogen) atoms. The highest BCUT2D eigenvalue weighted by atomic mass is 16.5. The first-order valence-electron chi connectivity index (χ1n) is 18.8. The van der Waals surface area contributed by atoms with E-state index in [-0.39, 0.29) is 0 Å². The van der Waals surface area contributed by atoms with Crippen molar-refractivity contribution in [2.24, 2.45) is 14.1 Å². The van der Waals surface area contributed by atoms with Crippen molar-refractivity contribution in [2.45, 2.75) is 26.9 Å². The molecule has 4 heterocycles. The van der Waals surface area contributed by atoms with Gasteiger partial charge in [-0.1, -0.05) is 24.3 Å². The molecule has 8 rings (SSSR count). The fraction of sp³-hybridized carbons (Fsp3) is 0.174. The van der Waals surface area contributed by atoms with Crippen LogP contribution in [0.15, 0.2) is 110 Å². The van der Waals surface area contributed by atoms with Crippen molar-refractivity contribution in [1.82, 2.24) is 29.1 Å². The third-order valence-electron chi connectivity index (χ3n) is 9.83. The summed E-state index contributed by atoms with van der Waals surface area (Å²) in [6.45, 7) is 5.05. The van der Waals surface area contributed by atoms with E-state index in [0.717, 1.165) is 61.5 Å². The molecule has 2 N–H and O–H groups in total. The molecule has 14 nitrogen and oxygen atoms in total. The number of methoxy groups -OCH3 is 2. The lowest BCUT2D eigenvalue weighted by atomic mass is 10.1. The maximum atomic E-state index is 9.18. The number of rotatable bonds is 11. The van der Waals surface area contributed by atoms with Crippen molar-refractivity contribution < 1.29 is 18.9 Å². The van der Waals surface area contributed by atoms with Crippen LogP contribution in [0.2, 0.25) is 0 Å². The topological polar surface area (TPSA) is 175 Å². The number of benzene rings is 4. The number of hydrogen-bond acceptors (Lipinski definition) is 12. The molecule has 0 fully saturated rings. The molecule has 0 saturated carbocycles. The van der Waals surface area contributed by atoms with E-state index >= 15 is 0 Å². The lowest BCUT2D eigenvalue weighted by Gasteiger charge is -2.26. The molecular weight excluding hydrogens is 757 g/mol. The molecule has 0 atom stereocenters. The summed E-state index contributed by atoms with van der Waals surface area (Å²) < 4.78 is 26.7. The zero-order chi connectivity index (χ0) is 42.3. The van der Waals surface area contributed by atoms with Crippen LogP contribution in [0.4, 0.5) is 11.4 Å². The van der Waals surface area contributed by atoms with Gasteiger partial charge in [-0.15, -0.1) is 0 Å². The average molecular weight is 799 g/mol. The SMILES string of the molecule is COc1ccc(CN(Cc2ccc(OC)cc2)c2cc(Oc3cnc(C#N)cc3C)cc3c2ncn3C)cc1.Cc1cc(C#N)ncc1Oc1cc(N)c2ncn(C)c2c1. The normalized spacial score (nSPS) is 10.7. The van der Waals surface area contributed by atoms with Gasteiger partial charge >= 0.3 is 0 Å². The summed E-state index contributed by atoms with van der Waals surface area (Å²) in [7, 11) is 7.19. The quantitative estimate of drug-likeness (QED) is 0.123. The summed E-state index contributed by atoms with van der Waals surface area (Å²) in [6, 6.07) is 31.2. The minimum absolute atomic E-state index is 0.354. The Hall–Kier alpha value is -8.10. The summed E-state index contributed by atoms with van der Waals surface area (Å²) in [4.78, 5) is 19.5. The number of nitriles is 2. The Balaban J connectivity index is 0.000000218. The van der Waals surface area contributed by atoms with Crippen molar-refractivity contribution in [3.8, 4) is 46.6 Å². The van der Waals surface area contributed by atoms with E-state index in [4.69, 9.17) is 34.9 Å². The van der Waals surface area contributed by atoms with Gasteiger partial charge in [-0.25, -0.2) is 19.9 Å². The first-order chi connectivity index (χ1) is 29.0. The van der Waals surface area contributed by atoms with Crippen LogP contribution in [-0.4, -0.2) is 43.3 Å². The van der Waals surface area contributed by atoms with Crippen LogP contribution in [0, 0.1) is 36.5 Å². The highest BCUT2D eigenvalue weighted by Gasteiger charge is 2.18. The van der Waals surface area contributed by atoms with Gasteiger partial charge in [-0.2, -0.15) is 10.5 Å². The zero-order valence-electron chi connectivity index (χ0n) is 34.0. The van der Waals surface area contributed by atoms with E-state index in [0.29, 0.717) is 53.2 Å². The fourth-order valence-corrected chi connectivity index (χ4v) is 6.58. The molecule has 14 heteroatoms. The van der Waals surface area contributed by atoms with Crippen LogP contribution in [0.3, 0.4) is 0 Å². The molecule has 0 aliphatic rings. The third-order valence-corrected chi connectivity index (χ3v) is 9.83. The Morgan fingerprint density at radius 3 is 1.50 bits per heavy atom. The second kappa shape index (κ2) is 17.6. The molecule has 8 aromatic rings. The smallest absolute Gasteiger partial charge is 0.148 e. The van der Waals surface area contributed by atoms with Gasteiger partial charge in [0, 0.05) is 51.5 Å². The summed E-state index contributed by atoms with van der Waals surface area (Å²) >= 11 is 0. The van der Waals surface area contributed by atoms with Crippen molar-refractivity contribution in [1.29, 1.82) is 10.5 Å². The highest BCUT2D eigenvalue weighted by Crippen LogP contribution is 2.36. The Morgan fingerprint density at radius 2 is 1.05 bits per heavy atom. The Labute approximate surface area is 347 Å². The van der Waals surface area contributed by atoms with Crippen LogP contribution in [0.1, 0.15) is 33.6 Å². The predicted molar refractivity (Wildman–Crippen MR) is 229 cm³/mol. The number of nitrogen functional groups attached to an aromatic ring is 1. The van der Waals surface area contributed by atoms with Gasteiger partial charge < -0.3 is 38.7 Å². The number of nitrogens with two attached hydrogens (primary N) is 1. The number of fused-ring (bicyclic) bond motifs is 2. The largest absolute Gasteiger partial charge is 0.497 e. The van der Waals surface area contributed by atoms with Crippen LogP contribution in [0.25, 0.3) is 22.1 Å². The maximum absolute atomic E-state index is 9.18. The van der Waals surface area contributed by atoms with E-state index < -0.39 is 0 Å². The Morgan fingerprint density at radius 1 is 0.600 bits per heavy atom. The first-order valence-corrected chi connectivity index (χ1v) is 18.8. The lowest BCUT2D eigenvalue weighted by molar-refractivity contribution is 0.414. The van der Waals surface area contributed by atoms with Gasteiger partial charge in [0.25, 0.3) is 0 Å². The standard InChI is InChI=1S/C31H29N5O3.C15H13N5O/c1-21-13-24(16-32)33-17-30(21)39-27-14-28-31(34-20-35(28)2)29(15-27)36(18-22-5-9-25(37-3)10-6-22)19-23-7-11-26(38-4)12-8-23;1-9-3-10(6-16)18-7-14(9)21-11-4-12(17)15-13(5-11)20(2)8-19-15/h5-15,17,20H,18-19H2,1-4H3;3-5,7-8H,17H2,1-2H3. The molecule has 0 bridgehead atoms. The molecule has 4 aromatic carbocycles. The van der Waals surface area contributed by atoms with Gasteiger partial charge in [-0.3, -0.25) is 0 Å². The molecular formula is C46H42N10O4. The minimum Gasteiger partial charge on any atom is -0.497 e. The number of pyridine rings is 2. The van der Waals surface area contributed by atoms with E-state index in [1.54, 1.807) is 44.9 Å². The molecule has 4 aromatic heterocycles. The average Bonchev–Trinajstić information content (AvgIpc) is 3.83. The second-order valence-corrected chi connectivity index (χ2v) is 14.1. The Bertz CT molecular complexity index is 2840. The molecule has 0 aliphatic carbocycles. The van der Waals surface area contributed by atoms with Crippen LogP contribution in [0.5, 0.6) is 34.5 Å². The first kappa shape index (κ1) is 40.1. The lowest BCUT2D eigenvalue weighted by Crippen LogP contribution is -2.22. The van der Waals surface area contributed by atoms with E-state index in [1.807, 2.05) is 91.9 Å². The highest BCUT2D eigenvalue weighted by molar-refractivity contribution is 5.91. The van der Waals surface area contributed by atoms with Gasteiger partial charge in [0.15, 0.2) is 0 Å². The van der Waals surface area contributed by atoms with Crippen molar-refractivity contribution in [2.75, 3.05) is 24.9 Å². The summed E-state index contributed by atoms with van der Waals surface area (Å²) in [5.74, 6) is 4.08. The molecule has 0 aliphatic heterocycles. The number of anilines is 2. The number of aryl methyl sites for hydroxylation is 4. The maximum Gasteiger partial charge on any atom is 0.148 e.